The first-order valence-electron chi connectivity index (χ1n) is 5.74. The van der Waals surface area contributed by atoms with E-state index in [1.54, 1.807) is 0 Å². The van der Waals surface area contributed by atoms with Crippen molar-refractivity contribution in [1.82, 2.24) is 0 Å². The Bertz CT molecular complexity index is 422. The number of hydrogen-bond donors (Lipinski definition) is 2. The van der Waals surface area contributed by atoms with Gasteiger partial charge >= 0.3 is 0 Å². The second kappa shape index (κ2) is 4.04. The Morgan fingerprint density at radius 2 is 1.88 bits per heavy atom. The molecule has 1 aliphatic carbocycles. The van der Waals surface area contributed by atoms with Crippen LogP contribution < -0.4 is 5.73 Å². The van der Waals surface area contributed by atoms with Crippen molar-refractivity contribution in [2.24, 2.45) is 5.73 Å². The van der Waals surface area contributed by atoms with Crippen molar-refractivity contribution in [2.45, 2.75) is 45.1 Å². The first-order valence-corrected chi connectivity index (χ1v) is 6.53. The molecule has 1 saturated carbocycles. The molecule has 0 spiro atoms. The predicted octanol–water partition coefficient (Wildman–Crippen LogP) is 3.50. The molecule has 0 aromatic heterocycles. The van der Waals surface area contributed by atoms with Crippen molar-refractivity contribution in [3.8, 4) is 5.75 Å². The molecule has 3 heteroatoms. The number of phenols is 1. The monoisotopic (exact) mass is 283 g/mol. The third kappa shape index (κ3) is 1.76. The van der Waals surface area contributed by atoms with Crippen molar-refractivity contribution < 1.29 is 5.11 Å². The molecule has 16 heavy (non-hydrogen) atoms. The van der Waals surface area contributed by atoms with Crippen LogP contribution >= 0.6 is 15.9 Å². The van der Waals surface area contributed by atoms with Crippen molar-refractivity contribution >= 4 is 15.9 Å². The molecule has 1 aliphatic rings. The summed E-state index contributed by atoms with van der Waals surface area (Å²) in [4.78, 5) is 0. The molecule has 0 heterocycles. The van der Waals surface area contributed by atoms with Gasteiger partial charge in [-0.2, -0.15) is 0 Å². The number of aromatic hydroxyl groups is 1. The van der Waals surface area contributed by atoms with E-state index in [0.29, 0.717) is 5.75 Å². The number of halogens is 1. The Morgan fingerprint density at radius 3 is 2.44 bits per heavy atom. The van der Waals surface area contributed by atoms with Crippen LogP contribution in [0.25, 0.3) is 0 Å². The first-order chi connectivity index (χ1) is 7.46. The van der Waals surface area contributed by atoms with Gasteiger partial charge in [0.25, 0.3) is 0 Å². The number of nitrogens with two attached hydrogens (primary N) is 1. The Morgan fingerprint density at radius 1 is 1.31 bits per heavy atom. The lowest BCUT2D eigenvalue weighted by Crippen LogP contribution is -2.34. The van der Waals surface area contributed by atoms with Crippen LogP contribution in [0.4, 0.5) is 0 Å². The van der Waals surface area contributed by atoms with E-state index in [1.807, 2.05) is 13.8 Å². The third-order valence-electron chi connectivity index (χ3n) is 3.71. The normalized spacial score (nSPS) is 19.0. The van der Waals surface area contributed by atoms with Gasteiger partial charge in [0.05, 0.1) is 4.47 Å². The fourth-order valence-electron chi connectivity index (χ4n) is 2.66. The van der Waals surface area contributed by atoms with Gasteiger partial charge in [-0.3, -0.25) is 0 Å². The van der Waals surface area contributed by atoms with E-state index in [-0.39, 0.29) is 5.54 Å². The van der Waals surface area contributed by atoms with Crippen LogP contribution in [0.3, 0.4) is 0 Å². The molecular formula is C13H18BrNO. The zero-order valence-corrected chi connectivity index (χ0v) is 11.4. The van der Waals surface area contributed by atoms with Crippen LogP contribution in [-0.4, -0.2) is 5.11 Å². The van der Waals surface area contributed by atoms with E-state index in [4.69, 9.17) is 5.73 Å². The average Bonchev–Trinajstić information content (AvgIpc) is 2.68. The summed E-state index contributed by atoms with van der Waals surface area (Å²) in [5, 5.41) is 10.0. The molecular weight excluding hydrogens is 266 g/mol. The summed E-state index contributed by atoms with van der Waals surface area (Å²) in [5.74, 6) is 0.340. The minimum atomic E-state index is -0.229. The zero-order valence-electron chi connectivity index (χ0n) is 9.81. The Labute approximate surface area is 105 Å². The highest BCUT2D eigenvalue weighted by molar-refractivity contribution is 9.10. The molecule has 88 valence electrons. The number of aryl methyl sites for hydroxylation is 1. The molecule has 0 unspecified atom stereocenters. The van der Waals surface area contributed by atoms with Crippen LogP contribution in [-0.2, 0) is 5.54 Å². The van der Waals surface area contributed by atoms with E-state index in [0.717, 1.165) is 34.0 Å². The second-order valence-corrected chi connectivity index (χ2v) is 5.68. The average molecular weight is 284 g/mol. The van der Waals surface area contributed by atoms with Crippen molar-refractivity contribution in [3.63, 3.8) is 0 Å². The SMILES string of the molecule is Cc1cc(C2(N)CCCC2)c(C)c(O)c1Br. The van der Waals surface area contributed by atoms with E-state index in [1.165, 1.54) is 12.8 Å². The highest BCUT2D eigenvalue weighted by Crippen LogP contribution is 2.42. The van der Waals surface area contributed by atoms with Crippen LogP contribution in [0.5, 0.6) is 5.75 Å². The van der Waals surface area contributed by atoms with Crippen LogP contribution in [0, 0.1) is 13.8 Å². The summed E-state index contributed by atoms with van der Waals surface area (Å²) in [7, 11) is 0. The molecule has 2 rings (SSSR count). The fourth-order valence-corrected chi connectivity index (χ4v) is 3.07. The van der Waals surface area contributed by atoms with Gasteiger partial charge in [0.15, 0.2) is 0 Å². The molecule has 0 aliphatic heterocycles. The summed E-state index contributed by atoms with van der Waals surface area (Å²) < 4.78 is 0.787. The molecule has 1 aromatic rings. The molecule has 1 fully saturated rings. The lowest BCUT2D eigenvalue weighted by atomic mass is 9.85. The van der Waals surface area contributed by atoms with Gasteiger partial charge in [0.2, 0.25) is 0 Å². The topological polar surface area (TPSA) is 46.2 Å². The van der Waals surface area contributed by atoms with E-state index in [2.05, 4.69) is 22.0 Å². The van der Waals surface area contributed by atoms with Crippen LogP contribution in [0.2, 0.25) is 0 Å². The summed E-state index contributed by atoms with van der Waals surface area (Å²) in [5.41, 5.74) is 9.30. The van der Waals surface area contributed by atoms with Gasteiger partial charge in [-0.15, -0.1) is 0 Å². The Balaban J connectivity index is 2.57. The number of hydrogen-bond acceptors (Lipinski definition) is 2. The van der Waals surface area contributed by atoms with Crippen molar-refractivity contribution in [2.75, 3.05) is 0 Å². The van der Waals surface area contributed by atoms with Gasteiger partial charge in [-0.1, -0.05) is 18.9 Å². The smallest absolute Gasteiger partial charge is 0.133 e. The zero-order chi connectivity index (χ0) is 11.9. The molecule has 3 N–H and O–H groups in total. The standard InChI is InChI=1S/C13H18BrNO/c1-8-7-10(9(2)12(16)11(8)14)13(15)5-3-4-6-13/h7,16H,3-6,15H2,1-2H3. The molecule has 1 aromatic carbocycles. The molecule has 0 amide bonds. The van der Waals surface area contributed by atoms with Crippen molar-refractivity contribution in [3.05, 3.63) is 27.2 Å². The minimum Gasteiger partial charge on any atom is -0.506 e. The van der Waals surface area contributed by atoms with Gasteiger partial charge in [0.1, 0.15) is 5.75 Å². The maximum atomic E-state index is 10.0. The van der Waals surface area contributed by atoms with Crippen LogP contribution in [0.1, 0.15) is 42.4 Å². The Hall–Kier alpha value is -0.540. The van der Waals surface area contributed by atoms with E-state index < -0.39 is 0 Å². The highest BCUT2D eigenvalue weighted by Gasteiger charge is 2.33. The first kappa shape index (κ1) is 11.9. The summed E-state index contributed by atoms with van der Waals surface area (Å²) in [6.45, 7) is 3.94. The maximum absolute atomic E-state index is 10.0. The van der Waals surface area contributed by atoms with E-state index >= 15 is 0 Å². The molecule has 0 bridgehead atoms. The summed E-state index contributed by atoms with van der Waals surface area (Å²) in [6, 6.07) is 2.12. The molecule has 0 saturated heterocycles. The van der Waals surface area contributed by atoms with Gasteiger partial charge in [-0.05, 0) is 59.3 Å². The Kier molecular flexibility index (Phi) is 3.01. The van der Waals surface area contributed by atoms with Crippen molar-refractivity contribution in [1.29, 1.82) is 0 Å². The van der Waals surface area contributed by atoms with Gasteiger partial charge in [0, 0.05) is 5.54 Å². The molecule has 0 radical (unpaired) electrons. The fraction of sp³-hybridized carbons (Fsp3) is 0.538. The third-order valence-corrected chi connectivity index (χ3v) is 4.71. The highest BCUT2D eigenvalue weighted by atomic mass is 79.9. The lowest BCUT2D eigenvalue weighted by Gasteiger charge is -2.27. The molecule has 0 atom stereocenters. The second-order valence-electron chi connectivity index (χ2n) is 4.89. The maximum Gasteiger partial charge on any atom is 0.133 e. The lowest BCUT2D eigenvalue weighted by molar-refractivity contribution is 0.438. The number of benzene rings is 1. The molecule has 2 nitrogen and oxygen atoms in total. The number of phenolic OH excluding ortho intramolecular Hbond substituents is 1. The quantitative estimate of drug-likeness (QED) is 0.829. The van der Waals surface area contributed by atoms with E-state index in [9.17, 15) is 5.11 Å². The van der Waals surface area contributed by atoms with Gasteiger partial charge in [-0.25, -0.2) is 0 Å². The largest absolute Gasteiger partial charge is 0.506 e. The van der Waals surface area contributed by atoms with Crippen LogP contribution in [0.15, 0.2) is 10.5 Å². The summed E-state index contributed by atoms with van der Waals surface area (Å²) >= 11 is 3.40. The predicted molar refractivity (Wildman–Crippen MR) is 69.6 cm³/mol. The van der Waals surface area contributed by atoms with Gasteiger partial charge < -0.3 is 10.8 Å². The minimum absolute atomic E-state index is 0.229. The summed E-state index contributed by atoms with van der Waals surface area (Å²) in [6.07, 6.45) is 4.42. The number of rotatable bonds is 1.